The van der Waals surface area contributed by atoms with Crippen molar-refractivity contribution in [3.05, 3.63) is 60.7 Å². The lowest BCUT2D eigenvalue weighted by molar-refractivity contribution is 0.223. The quantitative estimate of drug-likeness (QED) is 0.645. The van der Waals surface area contributed by atoms with Crippen LogP contribution >= 0.6 is 0 Å². The van der Waals surface area contributed by atoms with Gasteiger partial charge in [-0.1, -0.05) is 43.0 Å². The van der Waals surface area contributed by atoms with Crippen LogP contribution in [-0.4, -0.2) is 13.7 Å². The Morgan fingerprint density at radius 1 is 1.43 bits per heavy atom. The summed E-state index contributed by atoms with van der Waals surface area (Å²) >= 11 is 0. The maximum absolute atomic E-state index is 5.06. The van der Waals surface area contributed by atoms with Crippen LogP contribution in [0.1, 0.15) is 11.5 Å². The third-order valence-corrected chi connectivity index (χ3v) is 2.16. The van der Waals surface area contributed by atoms with Crippen molar-refractivity contribution in [1.29, 1.82) is 0 Å². The first-order valence-electron chi connectivity index (χ1n) is 4.63. The van der Waals surface area contributed by atoms with Crippen molar-refractivity contribution in [3.63, 3.8) is 0 Å². The molecule has 0 bridgehead atoms. The highest BCUT2D eigenvalue weighted by molar-refractivity contribution is 5.32. The van der Waals surface area contributed by atoms with E-state index < -0.39 is 0 Å². The molecule has 0 aliphatic carbocycles. The van der Waals surface area contributed by atoms with Crippen molar-refractivity contribution >= 4 is 0 Å². The number of hydrogen-bond acceptors (Lipinski definition) is 1. The van der Waals surface area contributed by atoms with Crippen LogP contribution in [0.3, 0.4) is 0 Å². The Kier molecular flexibility index (Phi) is 4.14. The monoisotopic (exact) mass is 188 g/mol. The second kappa shape index (κ2) is 5.40. The van der Waals surface area contributed by atoms with Gasteiger partial charge in [-0.05, 0) is 11.1 Å². The molecule has 0 saturated carbocycles. The molecule has 0 aliphatic heterocycles. The minimum atomic E-state index is 0.191. The Morgan fingerprint density at radius 3 is 2.57 bits per heavy atom. The van der Waals surface area contributed by atoms with E-state index in [1.165, 1.54) is 5.56 Å². The Morgan fingerprint density at radius 2 is 2.07 bits per heavy atom. The molecule has 1 rings (SSSR count). The van der Waals surface area contributed by atoms with E-state index in [2.05, 4.69) is 25.3 Å². The molecule has 74 valence electrons. The van der Waals surface area contributed by atoms with Crippen LogP contribution in [0.5, 0.6) is 0 Å². The SMILES string of the molecule is C=CC(C(=C)COC)c1ccccc1. The standard InChI is InChI=1S/C13H16O/c1-4-13(11(2)10-14-3)12-8-6-5-7-9-12/h4-9,13H,1-2,10H2,3H3. The van der Waals surface area contributed by atoms with Crippen LogP contribution in [0.2, 0.25) is 0 Å². The first-order chi connectivity index (χ1) is 6.79. The number of hydrogen-bond donors (Lipinski definition) is 0. The second-order valence-corrected chi connectivity index (χ2v) is 3.22. The Labute approximate surface area is 85.7 Å². The summed E-state index contributed by atoms with van der Waals surface area (Å²) in [6, 6.07) is 10.2. The molecular formula is C13H16O. The lowest BCUT2D eigenvalue weighted by Crippen LogP contribution is -2.03. The fourth-order valence-electron chi connectivity index (χ4n) is 1.47. The molecule has 1 aromatic carbocycles. The zero-order valence-electron chi connectivity index (χ0n) is 8.57. The molecule has 1 aromatic rings. The maximum Gasteiger partial charge on any atom is 0.0679 e. The van der Waals surface area contributed by atoms with Crippen LogP contribution in [0.15, 0.2) is 55.1 Å². The second-order valence-electron chi connectivity index (χ2n) is 3.22. The van der Waals surface area contributed by atoms with E-state index >= 15 is 0 Å². The molecular weight excluding hydrogens is 172 g/mol. The van der Waals surface area contributed by atoms with E-state index in [-0.39, 0.29) is 5.92 Å². The fourth-order valence-corrected chi connectivity index (χ4v) is 1.47. The van der Waals surface area contributed by atoms with Gasteiger partial charge in [-0.15, -0.1) is 6.58 Å². The number of ether oxygens (including phenoxy) is 1. The van der Waals surface area contributed by atoms with Gasteiger partial charge in [0.2, 0.25) is 0 Å². The number of benzene rings is 1. The normalized spacial score (nSPS) is 12.1. The van der Waals surface area contributed by atoms with Crippen LogP contribution in [0.4, 0.5) is 0 Å². The summed E-state index contributed by atoms with van der Waals surface area (Å²) in [6.07, 6.45) is 1.90. The summed E-state index contributed by atoms with van der Waals surface area (Å²) in [5.74, 6) is 0.191. The molecule has 0 aliphatic rings. The van der Waals surface area contributed by atoms with Crippen molar-refractivity contribution < 1.29 is 4.74 Å². The first kappa shape index (κ1) is 10.7. The summed E-state index contributed by atoms with van der Waals surface area (Å²) in [4.78, 5) is 0. The van der Waals surface area contributed by atoms with Gasteiger partial charge in [-0.25, -0.2) is 0 Å². The summed E-state index contributed by atoms with van der Waals surface area (Å²) in [6.45, 7) is 8.40. The third-order valence-electron chi connectivity index (χ3n) is 2.16. The minimum Gasteiger partial charge on any atom is -0.380 e. The minimum absolute atomic E-state index is 0.191. The molecule has 0 N–H and O–H groups in total. The van der Waals surface area contributed by atoms with Crippen LogP contribution in [-0.2, 0) is 4.74 Å². The Balaban J connectivity index is 2.82. The van der Waals surface area contributed by atoms with Gasteiger partial charge in [-0.3, -0.25) is 0 Å². The molecule has 0 spiro atoms. The van der Waals surface area contributed by atoms with Crippen LogP contribution in [0.25, 0.3) is 0 Å². The lowest BCUT2D eigenvalue weighted by atomic mass is 9.93. The predicted octanol–water partition coefficient (Wildman–Crippen LogP) is 3.16. The van der Waals surface area contributed by atoms with Crippen LogP contribution in [0, 0.1) is 0 Å². The number of rotatable bonds is 5. The lowest BCUT2D eigenvalue weighted by Gasteiger charge is -2.15. The van der Waals surface area contributed by atoms with Gasteiger partial charge in [0.25, 0.3) is 0 Å². The molecule has 0 fully saturated rings. The van der Waals surface area contributed by atoms with E-state index in [9.17, 15) is 0 Å². The Bertz CT molecular complexity index is 300. The van der Waals surface area contributed by atoms with E-state index in [4.69, 9.17) is 4.74 Å². The van der Waals surface area contributed by atoms with Gasteiger partial charge in [-0.2, -0.15) is 0 Å². The van der Waals surface area contributed by atoms with Crippen LogP contribution < -0.4 is 0 Å². The van der Waals surface area contributed by atoms with Crippen molar-refractivity contribution in [2.45, 2.75) is 5.92 Å². The maximum atomic E-state index is 5.06. The zero-order valence-corrected chi connectivity index (χ0v) is 8.57. The molecule has 1 atom stereocenters. The van der Waals surface area contributed by atoms with Gasteiger partial charge in [0, 0.05) is 13.0 Å². The predicted molar refractivity (Wildman–Crippen MR) is 60.4 cm³/mol. The van der Waals surface area contributed by atoms with E-state index in [1.54, 1.807) is 7.11 Å². The van der Waals surface area contributed by atoms with Crippen molar-refractivity contribution in [1.82, 2.24) is 0 Å². The molecule has 14 heavy (non-hydrogen) atoms. The molecule has 1 heteroatoms. The topological polar surface area (TPSA) is 9.23 Å². The van der Waals surface area contributed by atoms with Gasteiger partial charge in [0.1, 0.15) is 0 Å². The van der Waals surface area contributed by atoms with Crippen molar-refractivity contribution in [2.24, 2.45) is 0 Å². The smallest absolute Gasteiger partial charge is 0.0679 e. The fraction of sp³-hybridized carbons (Fsp3) is 0.231. The highest BCUT2D eigenvalue weighted by Crippen LogP contribution is 2.23. The molecule has 1 unspecified atom stereocenters. The summed E-state index contributed by atoms with van der Waals surface area (Å²) in [5, 5.41) is 0. The molecule has 0 saturated heterocycles. The van der Waals surface area contributed by atoms with E-state index in [1.807, 2.05) is 24.3 Å². The summed E-state index contributed by atoms with van der Waals surface area (Å²) in [5.41, 5.74) is 2.25. The van der Waals surface area contributed by atoms with Gasteiger partial charge in [0.15, 0.2) is 0 Å². The number of allylic oxidation sites excluding steroid dienone is 1. The molecule has 0 heterocycles. The van der Waals surface area contributed by atoms with Crippen molar-refractivity contribution in [3.8, 4) is 0 Å². The van der Waals surface area contributed by atoms with Crippen molar-refractivity contribution in [2.75, 3.05) is 13.7 Å². The first-order valence-corrected chi connectivity index (χ1v) is 4.63. The zero-order chi connectivity index (χ0) is 10.4. The van der Waals surface area contributed by atoms with Gasteiger partial charge in [0.05, 0.1) is 6.61 Å². The molecule has 0 aromatic heterocycles. The molecule has 1 nitrogen and oxygen atoms in total. The number of methoxy groups -OCH3 is 1. The average Bonchev–Trinajstić information content (AvgIpc) is 2.21. The highest BCUT2D eigenvalue weighted by atomic mass is 16.5. The molecule has 0 amide bonds. The largest absolute Gasteiger partial charge is 0.380 e. The van der Waals surface area contributed by atoms with Gasteiger partial charge >= 0.3 is 0 Å². The summed E-state index contributed by atoms with van der Waals surface area (Å²) in [7, 11) is 1.68. The van der Waals surface area contributed by atoms with E-state index in [0.29, 0.717) is 6.61 Å². The summed E-state index contributed by atoms with van der Waals surface area (Å²) < 4.78 is 5.06. The third kappa shape index (κ3) is 2.57. The van der Waals surface area contributed by atoms with Gasteiger partial charge < -0.3 is 4.74 Å². The van der Waals surface area contributed by atoms with E-state index in [0.717, 1.165) is 5.57 Å². The Hall–Kier alpha value is -1.34. The average molecular weight is 188 g/mol. The highest BCUT2D eigenvalue weighted by Gasteiger charge is 2.10. The molecule has 0 radical (unpaired) electrons.